The molecule has 0 aliphatic rings. The quantitative estimate of drug-likeness (QED) is 0.615. The van der Waals surface area contributed by atoms with Crippen LogP contribution in [0.15, 0.2) is 40.9 Å². The Morgan fingerprint density at radius 3 is 2.33 bits per heavy atom. The molecule has 1 atom stereocenters. The van der Waals surface area contributed by atoms with Crippen molar-refractivity contribution >= 4 is 39.1 Å². The molecule has 0 aliphatic heterocycles. The number of benzene rings is 2. The molecule has 0 saturated heterocycles. The van der Waals surface area contributed by atoms with E-state index in [2.05, 4.69) is 15.9 Å². The molecule has 21 heavy (non-hydrogen) atoms. The molecule has 0 bridgehead atoms. The van der Waals surface area contributed by atoms with Crippen LogP contribution < -0.4 is 9.47 Å². The van der Waals surface area contributed by atoms with Gasteiger partial charge in [-0.15, -0.1) is 11.6 Å². The summed E-state index contributed by atoms with van der Waals surface area (Å²) in [5.74, 6) is 1.54. The van der Waals surface area contributed by atoms with Crippen molar-refractivity contribution in [1.82, 2.24) is 0 Å². The summed E-state index contributed by atoms with van der Waals surface area (Å²) in [4.78, 5) is 0. The predicted octanol–water partition coefficient (Wildman–Crippen LogP) is 5.64. The number of hydrogen-bond acceptors (Lipinski definition) is 2. The summed E-state index contributed by atoms with van der Waals surface area (Å²) in [5, 5.41) is 0.390. The molecule has 0 heterocycles. The van der Waals surface area contributed by atoms with Gasteiger partial charge in [0.25, 0.3) is 0 Å². The zero-order valence-corrected chi connectivity index (χ0v) is 14.8. The standard InChI is InChI=1S/C16H15BrCl2O2/c1-20-12-5-3-10(4-6-12)7-15(19)13-8-11(18)9-14(17)16(13)21-2/h3-6,8-9,15H,7H2,1-2H3. The zero-order valence-electron chi connectivity index (χ0n) is 11.7. The van der Waals surface area contributed by atoms with E-state index in [0.29, 0.717) is 17.2 Å². The summed E-state index contributed by atoms with van der Waals surface area (Å²) in [6.07, 6.45) is 0.675. The Bertz CT molecular complexity index is 614. The summed E-state index contributed by atoms with van der Waals surface area (Å²) in [7, 11) is 3.27. The Kier molecular flexibility index (Phi) is 5.80. The van der Waals surface area contributed by atoms with Gasteiger partial charge in [-0.3, -0.25) is 0 Å². The predicted molar refractivity (Wildman–Crippen MR) is 91.0 cm³/mol. The summed E-state index contributed by atoms with van der Waals surface area (Å²) < 4.78 is 11.4. The maximum absolute atomic E-state index is 6.55. The molecule has 0 aliphatic carbocycles. The van der Waals surface area contributed by atoms with Crippen molar-refractivity contribution in [2.24, 2.45) is 0 Å². The minimum atomic E-state index is -0.233. The lowest BCUT2D eigenvalue weighted by Crippen LogP contribution is -2.00. The van der Waals surface area contributed by atoms with E-state index >= 15 is 0 Å². The van der Waals surface area contributed by atoms with Crippen molar-refractivity contribution in [3.63, 3.8) is 0 Å². The molecule has 0 spiro atoms. The molecule has 2 aromatic carbocycles. The highest BCUT2D eigenvalue weighted by Gasteiger charge is 2.17. The van der Waals surface area contributed by atoms with Gasteiger partial charge in [0.2, 0.25) is 0 Å². The fourth-order valence-corrected chi connectivity index (χ4v) is 3.44. The van der Waals surface area contributed by atoms with Crippen LogP contribution in [0.25, 0.3) is 0 Å². The van der Waals surface area contributed by atoms with Gasteiger partial charge in [-0.1, -0.05) is 23.7 Å². The van der Waals surface area contributed by atoms with Crippen LogP contribution in [0.5, 0.6) is 11.5 Å². The molecular formula is C16H15BrCl2O2. The van der Waals surface area contributed by atoms with E-state index in [1.165, 1.54) is 0 Å². The van der Waals surface area contributed by atoms with Gasteiger partial charge in [-0.25, -0.2) is 0 Å². The lowest BCUT2D eigenvalue weighted by atomic mass is 10.0. The fraction of sp³-hybridized carbons (Fsp3) is 0.250. The monoisotopic (exact) mass is 388 g/mol. The molecular weight excluding hydrogens is 375 g/mol. The van der Waals surface area contributed by atoms with Gasteiger partial charge in [0.05, 0.1) is 24.1 Å². The molecule has 0 saturated carbocycles. The Balaban J connectivity index is 2.25. The number of alkyl halides is 1. The second-order valence-electron chi connectivity index (χ2n) is 4.53. The first-order valence-corrected chi connectivity index (χ1v) is 7.95. The summed E-state index contributed by atoms with van der Waals surface area (Å²) in [6.45, 7) is 0. The van der Waals surface area contributed by atoms with E-state index in [-0.39, 0.29) is 5.38 Å². The van der Waals surface area contributed by atoms with Crippen molar-refractivity contribution in [1.29, 1.82) is 0 Å². The normalized spacial score (nSPS) is 12.0. The van der Waals surface area contributed by atoms with Gasteiger partial charge in [0.1, 0.15) is 11.5 Å². The average Bonchev–Trinajstić information content (AvgIpc) is 2.47. The highest BCUT2D eigenvalue weighted by molar-refractivity contribution is 9.10. The SMILES string of the molecule is COc1ccc(CC(Cl)c2cc(Cl)cc(Br)c2OC)cc1. The van der Waals surface area contributed by atoms with Crippen molar-refractivity contribution in [2.45, 2.75) is 11.8 Å². The number of hydrogen-bond donors (Lipinski definition) is 0. The molecule has 2 nitrogen and oxygen atoms in total. The lowest BCUT2D eigenvalue weighted by Gasteiger charge is -2.16. The Hall–Kier alpha value is -0.900. The van der Waals surface area contributed by atoms with Crippen LogP contribution in [0.1, 0.15) is 16.5 Å². The van der Waals surface area contributed by atoms with E-state index in [1.54, 1.807) is 20.3 Å². The number of methoxy groups -OCH3 is 2. The number of ether oxygens (including phenoxy) is 2. The molecule has 0 fully saturated rings. The van der Waals surface area contributed by atoms with Crippen LogP contribution in [0.3, 0.4) is 0 Å². The van der Waals surface area contributed by atoms with Crippen LogP contribution in [0, 0.1) is 0 Å². The van der Waals surface area contributed by atoms with Gasteiger partial charge in [-0.2, -0.15) is 0 Å². The third kappa shape index (κ3) is 4.06. The molecule has 0 N–H and O–H groups in total. The molecule has 0 amide bonds. The van der Waals surface area contributed by atoms with Gasteiger partial charge in [0.15, 0.2) is 0 Å². The van der Waals surface area contributed by atoms with Crippen LogP contribution in [0.2, 0.25) is 5.02 Å². The van der Waals surface area contributed by atoms with Crippen molar-refractivity contribution in [3.05, 3.63) is 57.0 Å². The highest BCUT2D eigenvalue weighted by Crippen LogP contribution is 2.39. The summed E-state index contributed by atoms with van der Waals surface area (Å²) in [6, 6.07) is 11.5. The average molecular weight is 390 g/mol. The molecule has 2 rings (SSSR count). The minimum absolute atomic E-state index is 0.233. The summed E-state index contributed by atoms with van der Waals surface area (Å²) >= 11 is 16.1. The van der Waals surface area contributed by atoms with Crippen LogP contribution >= 0.6 is 39.1 Å². The second-order valence-corrected chi connectivity index (χ2v) is 6.35. The highest BCUT2D eigenvalue weighted by atomic mass is 79.9. The molecule has 1 unspecified atom stereocenters. The number of rotatable bonds is 5. The third-order valence-corrected chi connectivity index (χ3v) is 4.35. The molecule has 0 aromatic heterocycles. The largest absolute Gasteiger partial charge is 0.497 e. The van der Waals surface area contributed by atoms with Gasteiger partial charge in [0, 0.05) is 10.6 Å². The Morgan fingerprint density at radius 1 is 1.10 bits per heavy atom. The van der Waals surface area contributed by atoms with Gasteiger partial charge in [-0.05, 0) is 52.2 Å². The van der Waals surface area contributed by atoms with Gasteiger partial charge >= 0.3 is 0 Å². The fourth-order valence-electron chi connectivity index (χ4n) is 2.11. The lowest BCUT2D eigenvalue weighted by molar-refractivity contribution is 0.406. The van der Waals surface area contributed by atoms with Crippen molar-refractivity contribution in [2.75, 3.05) is 14.2 Å². The second kappa shape index (κ2) is 7.39. The molecule has 112 valence electrons. The van der Waals surface area contributed by atoms with E-state index in [4.69, 9.17) is 32.7 Å². The van der Waals surface area contributed by atoms with E-state index in [9.17, 15) is 0 Å². The maximum atomic E-state index is 6.55. The first kappa shape index (κ1) is 16.5. The summed E-state index contributed by atoms with van der Waals surface area (Å²) in [5.41, 5.74) is 1.99. The number of halogens is 3. The van der Waals surface area contributed by atoms with Crippen LogP contribution in [0.4, 0.5) is 0 Å². The Labute approximate surface area is 143 Å². The zero-order chi connectivity index (χ0) is 15.4. The van der Waals surface area contributed by atoms with Crippen molar-refractivity contribution < 1.29 is 9.47 Å². The van der Waals surface area contributed by atoms with Crippen LogP contribution in [-0.4, -0.2) is 14.2 Å². The Morgan fingerprint density at radius 2 is 1.76 bits per heavy atom. The van der Waals surface area contributed by atoms with E-state index < -0.39 is 0 Å². The molecule has 0 radical (unpaired) electrons. The molecule has 5 heteroatoms. The smallest absolute Gasteiger partial charge is 0.137 e. The minimum Gasteiger partial charge on any atom is -0.497 e. The van der Waals surface area contributed by atoms with E-state index in [1.807, 2.05) is 30.3 Å². The topological polar surface area (TPSA) is 18.5 Å². The van der Waals surface area contributed by atoms with Gasteiger partial charge < -0.3 is 9.47 Å². The third-order valence-electron chi connectivity index (χ3n) is 3.15. The first-order valence-electron chi connectivity index (χ1n) is 6.35. The molecule has 2 aromatic rings. The maximum Gasteiger partial charge on any atom is 0.137 e. The van der Waals surface area contributed by atoms with Crippen molar-refractivity contribution in [3.8, 4) is 11.5 Å². The first-order chi connectivity index (χ1) is 10.0. The van der Waals surface area contributed by atoms with E-state index in [0.717, 1.165) is 21.3 Å². The van der Waals surface area contributed by atoms with Crippen LogP contribution in [-0.2, 0) is 6.42 Å².